The number of guanidine groups is 1. The Morgan fingerprint density at radius 3 is 2.28 bits per heavy atom. The van der Waals surface area contributed by atoms with Crippen LogP contribution in [0.25, 0.3) is 0 Å². The van der Waals surface area contributed by atoms with E-state index in [-0.39, 0.29) is 24.7 Å². The van der Waals surface area contributed by atoms with Gasteiger partial charge in [0.15, 0.2) is 33.2 Å². The molecule has 0 bridgehead atoms. The number of nitrogens with zero attached hydrogens (tertiary/aromatic N) is 1. The molecule has 12 heteroatoms. The Balaban J connectivity index is 2.22. The summed E-state index contributed by atoms with van der Waals surface area (Å²) in [6.07, 6.45) is 0.384. The standard InChI is InChI=1S/C20H22ClF2N3O5S/c1-30-19(27)12(3-2-8-26-20(24)25)11-32(28,29)15-9-16(22)18(17(23)10-15)31-14-6-4-13(21)5-7-14/h4-7,9-10,12H,2-3,8,11H2,1H3,(H4,24,25,26)/t12-/m0/s1. The number of halogens is 3. The molecule has 0 amide bonds. The largest absolute Gasteiger partial charge is 0.469 e. The minimum atomic E-state index is -4.25. The van der Waals surface area contributed by atoms with Gasteiger partial charge in [-0.05, 0) is 49.2 Å². The van der Waals surface area contributed by atoms with Crippen molar-refractivity contribution in [1.29, 1.82) is 0 Å². The second kappa shape index (κ2) is 11.1. The van der Waals surface area contributed by atoms with E-state index in [1.807, 2.05) is 0 Å². The molecule has 0 radical (unpaired) electrons. The lowest BCUT2D eigenvalue weighted by Gasteiger charge is -2.15. The van der Waals surface area contributed by atoms with Crippen molar-refractivity contribution in [2.45, 2.75) is 17.7 Å². The zero-order valence-electron chi connectivity index (χ0n) is 17.1. The summed E-state index contributed by atoms with van der Waals surface area (Å²) in [5, 5.41) is 0.401. The Kier molecular flexibility index (Phi) is 8.79. The Morgan fingerprint density at radius 1 is 1.16 bits per heavy atom. The summed E-state index contributed by atoms with van der Waals surface area (Å²) in [7, 11) is -3.14. The fourth-order valence-corrected chi connectivity index (χ4v) is 4.49. The van der Waals surface area contributed by atoms with Gasteiger partial charge in [0.2, 0.25) is 0 Å². The van der Waals surface area contributed by atoms with Crippen LogP contribution in [0.15, 0.2) is 46.3 Å². The van der Waals surface area contributed by atoms with Crippen molar-refractivity contribution in [2.75, 3.05) is 19.4 Å². The highest BCUT2D eigenvalue weighted by atomic mass is 35.5. The third-order valence-corrected chi connectivity index (χ3v) is 6.37. The van der Waals surface area contributed by atoms with Crippen molar-refractivity contribution in [3.8, 4) is 11.5 Å². The third-order valence-electron chi connectivity index (χ3n) is 4.32. The van der Waals surface area contributed by atoms with Crippen LogP contribution in [0, 0.1) is 17.6 Å². The molecule has 0 aliphatic heterocycles. The van der Waals surface area contributed by atoms with Gasteiger partial charge in [-0.2, -0.15) is 0 Å². The molecule has 2 aromatic rings. The van der Waals surface area contributed by atoms with E-state index in [2.05, 4.69) is 9.73 Å². The van der Waals surface area contributed by atoms with Crippen molar-refractivity contribution in [3.05, 3.63) is 53.1 Å². The summed E-state index contributed by atoms with van der Waals surface area (Å²) in [5.74, 6) is -5.81. The number of hydrogen-bond acceptors (Lipinski definition) is 6. The lowest BCUT2D eigenvalue weighted by Crippen LogP contribution is -2.26. The van der Waals surface area contributed by atoms with Gasteiger partial charge in [-0.1, -0.05) is 11.6 Å². The number of ether oxygens (including phenoxy) is 2. The Bertz CT molecular complexity index is 1070. The van der Waals surface area contributed by atoms with Gasteiger partial charge >= 0.3 is 5.97 Å². The molecule has 0 unspecified atom stereocenters. The number of nitrogens with two attached hydrogens (primary N) is 2. The number of hydrogen-bond donors (Lipinski definition) is 2. The minimum absolute atomic E-state index is 0.0887. The average Bonchev–Trinajstić information content (AvgIpc) is 2.73. The Hall–Kier alpha value is -2.92. The molecule has 0 saturated carbocycles. The van der Waals surface area contributed by atoms with E-state index in [1.54, 1.807) is 0 Å². The number of esters is 1. The molecule has 0 heterocycles. The first-order valence-electron chi connectivity index (χ1n) is 9.32. The van der Waals surface area contributed by atoms with E-state index >= 15 is 0 Å². The van der Waals surface area contributed by atoms with E-state index in [0.717, 1.165) is 7.11 Å². The number of carbonyl (C=O) groups excluding carboxylic acids is 1. The van der Waals surface area contributed by atoms with Crippen molar-refractivity contribution >= 4 is 33.4 Å². The van der Waals surface area contributed by atoms with Crippen molar-refractivity contribution < 1.29 is 31.5 Å². The second-order valence-corrected chi connectivity index (χ2v) is 9.19. The Labute approximate surface area is 189 Å². The zero-order valence-corrected chi connectivity index (χ0v) is 18.6. The van der Waals surface area contributed by atoms with Crippen LogP contribution in [0.2, 0.25) is 5.02 Å². The quantitative estimate of drug-likeness (QED) is 0.227. The molecule has 0 spiro atoms. The van der Waals surface area contributed by atoms with Gasteiger partial charge in [-0.15, -0.1) is 0 Å². The predicted molar refractivity (Wildman–Crippen MR) is 115 cm³/mol. The maximum atomic E-state index is 14.5. The van der Waals surface area contributed by atoms with E-state index < -0.39 is 49.8 Å². The fraction of sp³-hybridized carbons (Fsp3) is 0.300. The SMILES string of the molecule is COC(=O)[C@@H](CCCN=C(N)N)CS(=O)(=O)c1cc(F)c(Oc2ccc(Cl)cc2)c(F)c1. The lowest BCUT2D eigenvalue weighted by molar-refractivity contribution is -0.144. The number of benzene rings is 2. The van der Waals surface area contributed by atoms with E-state index in [4.69, 9.17) is 27.8 Å². The molecule has 174 valence electrons. The third kappa shape index (κ3) is 7.06. The van der Waals surface area contributed by atoms with E-state index in [9.17, 15) is 22.0 Å². The highest BCUT2D eigenvalue weighted by Gasteiger charge is 2.29. The summed E-state index contributed by atoms with van der Waals surface area (Å²) in [4.78, 5) is 15.1. The van der Waals surface area contributed by atoms with Gasteiger partial charge in [-0.25, -0.2) is 17.2 Å². The van der Waals surface area contributed by atoms with Crippen molar-refractivity contribution in [2.24, 2.45) is 22.4 Å². The molecular formula is C20H22ClF2N3O5S. The molecule has 4 N–H and O–H groups in total. The maximum Gasteiger partial charge on any atom is 0.309 e. The molecule has 8 nitrogen and oxygen atoms in total. The zero-order chi connectivity index (χ0) is 23.9. The molecule has 0 aliphatic rings. The van der Waals surface area contributed by atoms with Gasteiger partial charge in [0, 0.05) is 11.6 Å². The van der Waals surface area contributed by atoms with E-state index in [0.29, 0.717) is 23.6 Å². The fourth-order valence-electron chi connectivity index (χ4n) is 2.78. The van der Waals surface area contributed by atoms with Gasteiger partial charge in [0.05, 0.1) is 23.7 Å². The molecule has 2 rings (SSSR count). The molecule has 0 fully saturated rings. The number of methoxy groups -OCH3 is 1. The minimum Gasteiger partial charge on any atom is -0.469 e. The maximum absolute atomic E-state index is 14.5. The molecule has 0 aromatic heterocycles. The predicted octanol–water partition coefficient (Wildman–Crippen LogP) is 3.03. The van der Waals surface area contributed by atoms with Gasteiger partial charge in [0.25, 0.3) is 0 Å². The molecular weight excluding hydrogens is 468 g/mol. The summed E-state index contributed by atoms with van der Waals surface area (Å²) in [6, 6.07) is 7.00. The molecule has 0 aliphatic carbocycles. The summed E-state index contributed by atoms with van der Waals surface area (Å²) < 4.78 is 64.3. The molecule has 32 heavy (non-hydrogen) atoms. The highest BCUT2D eigenvalue weighted by molar-refractivity contribution is 7.91. The van der Waals surface area contributed by atoms with Crippen LogP contribution in [-0.4, -0.2) is 39.8 Å². The van der Waals surface area contributed by atoms with Crippen LogP contribution in [-0.2, 0) is 19.4 Å². The summed E-state index contributed by atoms with van der Waals surface area (Å²) in [6.45, 7) is 0.176. The lowest BCUT2D eigenvalue weighted by atomic mass is 10.1. The molecule has 0 saturated heterocycles. The second-order valence-electron chi connectivity index (χ2n) is 6.72. The number of aliphatic imine (C=N–C) groups is 1. The van der Waals surface area contributed by atoms with Gasteiger partial charge < -0.3 is 20.9 Å². The number of sulfone groups is 1. The van der Waals surface area contributed by atoms with Crippen LogP contribution in [0.4, 0.5) is 8.78 Å². The van der Waals surface area contributed by atoms with Crippen LogP contribution in [0.3, 0.4) is 0 Å². The number of rotatable bonds is 10. The first kappa shape index (κ1) is 25.3. The first-order valence-corrected chi connectivity index (χ1v) is 11.3. The van der Waals surface area contributed by atoms with Crippen LogP contribution in [0.1, 0.15) is 12.8 Å². The summed E-state index contributed by atoms with van der Waals surface area (Å²) in [5.41, 5.74) is 10.4. The number of carbonyl (C=O) groups is 1. The van der Waals surface area contributed by atoms with Crippen LogP contribution >= 0.6 is 11.6 Å². The smallest absolute Gasteiger partial charge is 0.309 e. The van der Waals surface area contributed by atoms with Gasteiger partial charge in [0.1, 0.15) is 5.75 Å². The van der Waals surface area contributed by atoms with Crippen molar-refractivity contribution in [1.82, 2.24) is 0 Å². The van der Waals surface area contributed by atoms with E-state index in [1.165, 1.54) is 24.3 Å². The van der Waals surface area contributed by atoms with Crippen LogP contribution < -0.4 is 16.2 Å². The van der Waals surface area contributed by atoms with Gasteiger partial charge in [-0.3, -0.25) is 9.79 Å². The monoisotopic (exact) mass is 489 g/mol. The summed E-state index contributed by atoms with van der Waals surface area (Å²) >= 11 is 5.76. The highest BCUT2D eigenvalue weighted by Crippen LogP contribution is 2.31. The normalized spacial score (nSPS) is 12.1. The van der Waals surface area contributed by atoms with Crippen LogP contribution in [0.5, 0.6) is 11.5 Å². The molecule has 2 aromatic carbocycles. The topological polar surface area (TPSA) is 134 Å². The molecule has 1 atom stereocenters. The average molecular weight is 490 g/mol. The Morgan fingerprint density at radius 2 is 1.75 bits per heavy atom. The first-order chi connectivity index (χ1) is 15.0. The van der Waals surface area contributed by atoms with Crippen molar-refractivity contribution in [3.63, 3.8) is 0 Å².